The number of hydrogen-bond donors (Lipinski definition) is 2. The highest BCUT2D eigenvalue weighted by Crippen LogP contribution is 2.14. The third kappa shape index (κ3) is 3.59. The number of amides is 2. The van der Waals surface area contributed by atoms with Crippen LogP contribution in [0.1, 0.15) is 28.0 Å². The van der Waals surface area contributed by atoms with E-state index in [9.17, 15) is 14.0 Å². The highest BCUT2D eigenvalue weighted by Gasteiger charge is 2.23. The van der Waals surface area contributed by atoms with Gasteiger partial charge in [-0.2, -0.15) is 0 Å². The van der Waals surface area contributed by atoms with Crippen molar-refractivity contribution < 1.29 is 14.0 Å². The summed E-state index contributed by atoms with van der Waals surface area (Å²) in [6, 6.07) is 13.3. The van der Waals surface area contributed by atoms with Crippen molar-refractivity contribution in [2.75, 3.05) is 0 Å². The molecule has 8 heteroatoms. The highest BCUT2D eigenvalue weighted by molar-refractivity contribution is 5.94. The van der Waals surface area contributed by atoms with E-state index in [2.05, 4.69) is 15.4 Å². The molecular weight excluding hydrogens is 337 g/mol. The van der Waals surface area contributed by atoms with Crippen LogP contribution in [0, 0.1) is 12.7 Å². The third-order valence-electron chi connectivity index (χ3n) is 3.74. The van der Waals surface area contributed by atoms with Gasteiger partial charge >= 0.3 is 0 Å². The van der Waals surface area contributed by atoms with Gasteiger partial charge in [-0.3, -0.25) is 9.59 Å². The summed E-state index contributed by atoms with van der Waals surface area (Å²) in [6.45, 7) is 1.66. The quantitative estimate of drug-likeness (QED) is 0.728. The zero-order valence-corrected chi connectivity index (χ0v) is 13.9. The lowest BCUT2D eigenvalue weighted by Crippen LogP contribution is -2.38. The van der Waals surface area contributed by atoms with Gasteiger partial charge in [-0.1, -0.05) is 30.3 Å². The minimum atomic E-state index is -0.998. The molecule has 3 rings (SSSR count). The molecule has 0 bridgehead atoms. The van der Waals surface area contributed by atoms with Gasteiger partial charge in [0.15, 0.2) is 0 Å². The Hall–Kier alpha value is -3.55. The van der Waals surface area contributed by atoms with Crippen molar-refractivity contribution in [1.29, 1.82) is 0 Å². The smallest absolute Gasteiger partial charge is 0.291 e. The summed E-state index contributed by atoms with van der Waals surface area (Å²) in [5.74, 6) is -1.39. The van der Waals surface area contributed by atoms with Crippen LogP contribution in [-0.2, 0) is 4.79 Å². The van der Waals surface area contributed by atoms with Crippen LogP contribution in [0.15, 0.2) is 54.6 Å². The monoisotopic (exact) mass is 353 g/mol. The van der Waals surface area contributed by atoms with Gasteiger partial charge in [0.2, 0.25) is 11.7 Å². The van der Waals surface area contributed by atoms with Crippen molar-refractivity contribution in [3.8, 4) is 5.69 Å². The number of nitrogens with zero attached hydrogens (tertiary/aromatic N) is 3. The standard InChI is InChI=1S/C18H16FN5O2/c1-11-21-17(23-24(11)14-9-7-13(19)8-10-14)18(26)22-15(16(20)25)12-5-3-2-4-6-12/h2-10,15H,1H3,(H2,20,25)(H,22,26). The molecular formula is C18H16FN5O2. The highest BCUT2D eigenvalue weighted by atomic mass is 19.1. The van der Waals surface area contributed by atoms with E-state index < -0.39 is 17.9 Å². The molecule has 0 saturated heterocycles. The molecule has 1 aromatic heterocycles. The molecule has 0 aliphatic heterocycles. The first kappa shape index (κ1) is 17.3. The summed E-state index contributed by atoms with van der Waals surface area (Å²) < 4.78 is 14.5. The van der Waals surface area contributed by atoms with Crippen molar-refractivity contribution >= 4 is 11.8 Å². The van der Waals surface area contributed by atoms with E-state index in [4.69, 9.17) is 5.73 Å². The Balaban J connectivity index is 1.85. The van der Waals surface area contributed by atoms with Crippen LogP contribution in [0.2, 0.25) is 0 Å². The summed E-state index contributed by atoms with van der Waals surface area (Å²) >= 11 is 0. The molecule has 1 unspecified atom stereocenters. The van der Waals surface area contributed by atoms with Crippen LogP contribution in [0.4, 0.5) is 4.39 Å². The molecule has 0 saturated carbocycles. The van der Waals surface area contributed by atoms with Gasteiger partial charge < -0.3 is 11.1 Å². The number of aryl methyl sites for hydroxylation is 1. The minimum Gasteiger partial charge on any atom is -0.368 e. The average Bonchev–Trinajstić information content (AvgIpc) is 3.02. The molecule has 3 aromatic rings. The van der Waals surface area contributed by atoms with Crippen LogP contribution in [-0.4, -0.2) is 26.6 Å². The fourth-order valence-corrected chi connectivity index (χ4v) is 2.47. The van der Waals surface area contributed by atoms with Gasteiger partial charge in [0.1, 0.15) is 17.7 Å². The van der Waals surface area contributed by atoms with Crippen molar-refractivity contribution in [3.63, 3.8) is 0 Å². The summed E-state index contributed by atoms with van der Waals surface area (Å²) in [6.07, 6.45) is 0. The first-order valence-corrected chi connectivity index (χ1v) is 7.80. The molecule has 7 nitrogen and oxygen atoms in total. The Bertz CT molecular complexity index is 938. The second-order valence-electron chi connectivity index (χ2n) is 5.59. The molecule has 0 aliphatic rings. The number of primary amides is 1. The summed E-state index contributed by atoms with van der Waals surface area (Å²) in [5, 5.41) is 6.67. The molecule has 0 spiro atoms. The van der Waals surface area contributed by atoms with Gasteiger partial charge in [0, 0.05) is 0 Å². The van der Waals surface area contributed by atoms with Gasteiger partial charge in [0.05, 0.1) is 5.69 Å². The number of carbonyl (C=O) groups is 2. The van der Waals surface area contributed by atoms with Crippen LogP contribution in [0.25, 0.3) is 5.69 Å². The maximum Gasteiger partial charge on any atom is 0.291 e. The number of rotatable bonds is 5. The molecule has 1 atom stereocenters. The number of nitrogens with two attached hydrogens (primary N) is 1. The van der Waals surface area contributed by atoms with Crippen LogP contribution in [0.3, 0.4) is 0 Å². The lowest BCUT2D eigenvalue weighted by Gasteiger charge is -2.14. The van der Waals surface area contributed by atoms with Gasteiger partial charge in [0.25, 0.3) is 5.91 Å². The van der Waals surface area contributed by atoms with Crippen molar-refractivity contribution in [3.05, 3.63) is 77.6 Å². The van der Waals surface area contributed by atoms with E-state index >= 15 is 0 Å². The van der Waals surface area contributed by atoms with Gasteiger partial charge in [-0.05, 0) is 36.8 Å². The van der Waals surface area contributed by atoms with E-state index in [0.29, 0.717) is 17.1 Å². The van der Waals surface area contributed by atoms with Crippen molar-refractivity contribution in [1.82, 2.24) is 20.1 Å². The zero-order chi connectivity index (χ0) is 18.7. The molecule has 0 radical (unpaired) electrons. The fourth-order valence-electron chi connectivity index (χ4n) is 2.47. The van der Waals surface area contributed by atoms with E-state index in [0.717, 1.165) is 0 Å². The number of nitrogens with one attached hydrogen (secondary N) is 1. The molecule has 26 heavy (non-hydrogen) atoms. The first-order chi connectivity index (χ1) is 12.5. The molecule has 132 valence electrons. The predicted octanol–water partition coefficient (Wildman–Crippen LogP) is 1.67. The molecule has 2 aromatic carbocycles. The van der Waals surface area contributed by atoms with E-state index in [1.54, 1.807) is 37.3 Å². The van der Waals surface area contributed by atoms with E-state index in [1.165, 1.54) is 28.9 Å². The Morgan fingerprint density at radius 3 is 2.38 bits per heavy atom. The molecule has 1 heterocycles. The lowest BCUT2D eigenvalue weighted by molar-refractivity contribution is -0.120. The molecule has 2 amide bonds. The fraction of sp³-hybridized carbons (Fsp3) is 0.111. The van der Waals surface area contributed by atoms with E-state index in [-0.39, 0.29) is 11.6 Å². The summed E-state index contributed by atoms with van der Waals surface area (Å²) in [7, 11) is 0. The second-order valence-corrected chi connectivity index (χ2v) is 5.59. The molecule has 0 aliphatic carbocycles. The number of benzene rings is 2. The van der Waals surface area contributed by atoms with Crippen LogP contribution < -0.4 is 11.1 Å². The largest absolute Gasteiger partial charge is 0.368 e. The van der Waals surface area contributed by atoms with Crippen LogP contribution in [0.5, 0.6) is 0 Å². The summed E-state index contributed by atoms with van der Waals surface area (Å²) in [5.41, 5.74) is 6.52. The Morgan fingerprint density at radius 2 is 1.77 bits per heavy atom. The minimum absolute atomic E-state index is 0.117. The van der Waals surface area contributed by atoms with Gasteiger partial charge in [-0.25, -0.2) is 14.1 Å². The Morgan fingerprint density at radius 1 is 1.12 bits per heavy atom. The van der Waals surface area contributed by atoms with Crippen molar-refractivity contribution in [2.45, 2.75) is 13.0 Å². The normalized spacial score (nSPS) is 11.8. The SMILES string of the molecule is Cc1nc(C(=O)NC(C(N)=O)c2ccccc2)nn1-c1ccc(F)cc1. The van der Waals surface area contributed by atoms with Crippen LogP contribution >= 0.6 is 0 Å². The average molecular weight is 353 g/mol. The number of carbonyl (C=O) groups excluding carboxylic acids is 2. The Labute approximate surface area is 148 Å². The predicted molar refractivity (Wildman–Crippen MR) is 91.9 cm³/mol. The Kier molecular flexibility index (Phi) is 4.74. The third-order valence-corrected chi connectivity index (χ3v) is 3.74. The summed E-state index contributed by atoms with van der Waals surface area (Å²) in [4.78, 5) is 28.3. The molecule has 3 N–H and O–H groups in total. The second kappa shape index (κ2) is 7.14. The van der Waals surface area contributed by atoms with Gasteiger partial charge in [-0.15, -0.1) is 5.10 Å². The van der Waals surface area contributed by atoms with E-state index in [1.807, 2.05) is 0 Å². The first-order valence-electron chi connectivity index (χ1n) is 7.80. The lowest BCUT2D eigenvalue weighted by atomic mass is 10.1. The number of aromatic nitrogens is 3. The van der Waals surface area contributed by atoms with Crippen molar-refractivity contribution in [2.24, 2.45) is 5.73 Å². The maximum absolute atomic E-state index is 13.1. The molecule has 0 fully saturated rings. The number of halogens is 1. The number of hydrogen-bond acceptors (Lipinski definition) is 4. The zero-order valence-electron chi connectivity index (χ0n) is 13.9. The topological polar surface area (TPSA) is 103 Å². The maximum atomic E-state index is 13.1.